The van der Waals surface area contributed by atoms with Crippen molar-refractivity contribution >= 4 is 29.2 Å². The lowest BCUT2D eigenvalue weighted by molar-refractivity contribution is -0.119. The number of urea groups is 1. The minimum Gasteiger partial charge on any atom is -0.324 e. The number of hydrogen-bond donors (Lipinski definition) is 0. The molecule has 1 aliphatic heterocycles. The Morgan fingerprint density at radius 3 is 2.67 bits per heavy atom. The van der Waals surface area contributed by atoms with Crippen LogP contribution in [0.25, 0.3) is 0 Å². The fourth-order valence-electron chi connectivity index (χ4n) is 1.95. The van der Waals surface area contributed by atoms with Crippen molar-refractivity contribution in [3.63, 3.8) is 0 Å². The van der Waals surface area contributed by atoms with E-state index in [0.29, 0.717) is 30.2 Å². The third kappa shape index (κ3) is 2.20. The Morgan fingerprint density at radius 2 is 2.06 bits per heavy atom. The van der Waals surface area contributed by atoms with Gasteiger partial charge in [-0.1, -0.05) is 17.7 Å². The highest BCUT2D eigenvalue weighted by Gasteiger charge is 2.32. The van der Waals surface area contributed by atoms with E-state index in [2.05, 4.69) is 0 Å². The molecule has 2 rings (SSSR count). The molecule has 0 aromatic heterocycles. The third-order valence-corrected chi connectivity index (χ3v) is 3.51. The highest BCUT2D eigenvalue weighted by atomic mass is 35.5. The van der Waals surface area contributed by atoms with Gasteiger partial charge in [0.25, 0.3) is 0 Å². The quantitative estimate of drug-likeness (QED) is 0.826. The molecule has 0 saturated carbocycles. The summed E-state index contributed by atoms with van der Waals surface area (Å²) in [4.78, 5) is 26.9. The van der Waals surface area contributed by atoms with Crippen LogP contribution in [0, 0.1) is 6.92 Å². The van der Waals surface area contributed by atoms with E-state index in [1.54, 1.807) is 17.0 Å². The van der Waals surface area contributed by atoms with Crippen LogP contribution in [0.15, 0.2) is 18.2 Å². The summed E-state index contributed by atoms with van der Waals surface area (Å²) >= 11 is 6.04. The maximum atomic E-state index is 12.2. The van der Waals surface area contributed by atoms with Gasteiger partial charge in [0.15, 0.2) is 0 Å². The summed E-state index contributed by atoms with van der Waals surface area (Å²) in [6.07, 6.45) is 0.352. The van der Waals surface area contributed by atoms with Gasteiger partial charge in [0.1, 0.15) is 0 Å². The van der Waals surface area contributed by atoms with Crippen LogP contribution in [0.1, 0.15) is 18.9 Å². The maximum absolute atomic E-state index is 12.2. The summed E-state index contributed by atoms with van der Waals surface area (Å²) < 4.78 is 0. The number of hydrogen-bond acceptors (Lipinski definition) is 2. The molecule has 3 amide bonds. The maximum Gasteiger partial charge on any atom is 0.331 e. The molecule has 0 N–H and O–H groups in total. The Hall–Kier alpha value is -1.55. The summed E-state index contributed by atoms with van der Waals surface area (Å²) in [5, 5.41) is 0.557. The second-order valence-corrected chi connectivity index (χ2v) is 4.68. The Morgan fingerprint density at radius 1 is 1.33 bits per heavy atom. The van der Waals surface area contributed by atoms with E-state index < -0.39 is 0 Å². The summed E-state index contributed by atoms with van der Waals surface area (Å²) in [6, 6.07) is 4.94. The van der Waals surface area contributed by atoms with Gasteiger partial charge in [0, 0.05) is 24.5 Å². The van der Waals surface area contributed by atoms with E-state index in [9.17, 15) is 9.59 Å². The predicted octanol–water partition coefficient (Wildman–Crippen LogP) is 2.83. The number of rotatable bonds is 2. The van der Waals surface area contributed by atoms with Gasteiger partial charge in [-0.2, -0.15) is 0 Å². The highest BCUT2D eigenvalue weighted by Crippen LogP contribution is 2.26. The van der Waals surface area contributed by atoms with Crippen LogP contribution in [-0.2, 0) is 4.79 Å². The van der Waals surface area contributed by atoms with Gasteiger partial charge in [-0.3, -0.25) is 4.79 Å². The van der Waals surface area contributed by atoms with E-state index in [4.69, 9.17) is 11.6 Å². The summed E-state index contributed by atoms with van der Waals surface area (Å²) in [5.74, 6) is -0.176. The summed E-state index contributed by atoms with van der Waals surface area (Å²) in [6.45, 7) is 4.87. The number of amides is 3. The first-order valence-electron chi connectivity index (χ1n) is 5.92. The fraction of sp³-hybridized carbons (Fsp3) is 0.385. The van der Waals surface area contributed by atoms with E-state index in [1.165, 1.54) is 4.90 Å². The molecule has 1 aromatic rings. The van der Waals surface area contributed by atoms with Crippen LogP contribution in [0.3, 0.4) is 0 Å². The number of halogens is 1. The molecule has 0 spiro atoms. The molecule has 96 valence electrons. The molecule has 18 heavy (non-hydrogen) atoms. The number of nitrogens with zero attached hydrogens (tertiary/aromatic N) is 2. The SMILES string of the molecule is CCN1CCC(=O)N(c2ccc(C)c(Cl)c2)C1=O. The number of carbonyl (C=O) groups is 2. The van der Waals surface area contributed by atoms with Crippen molar-refractivity contribution in [2.45, 2.75) is 20.3 Å². The minimum absolute atomic E-state index is 0.176. The van der Waals surface area contributed by atoms with E-state index in [1.807, 2.05) is 19.9 Å². The Labute approximate surface area is 111 Å². The normalized spacial score (nSPS) is 16.4. The van der Waals surface area contributed by atoms with E-state index in [-0.39, 0.29) is 11.9 Å². The number of anilines is 1. The Balaban J connectivity index is 2.37. The van der Waals surface area contributed by atoms with Crippen molar-refractivity contribution in [3.8, 4) is 0 Å². The molecule has 1 saturated heterocycles. The van der Waals surface area contributed by atoms with Crippen molar-refractivity contribution in [2.75, 3.05) is 18.0 Å². The van der Waals surface area contributed by atoms with Crippen molar-refractivity contribution < 1.29 is 9.59 Å². The number of carbonyl (C=O) groups excluding carboxylic acids is 2. The van der Waals surface area contributed by atoms with Crippen LogP contribution in [0.2, 0.25) is 5.02 Å². The molecule has 0 unspecified atom stereocenters. The molecule has 4 nitrogen and oxygen atoms in total. The lowest BCUT2D eigenvalue weighted by Crippen LogP contribution is -2.52. The zero-order chi connectivity index (χ0) is 13.3. The molecular formula is C13H15ClN2O2. The number of aryl methyl sites for hydroxylation is 1. The lowest BCUT2D eigenvalue weighted by atomic mass is 10.2. The first kappa shape index (κ1) is 12.9. The molecule has 1 fully saturated rings. The minimum atomic E-state index is -0.270. The average molecular weight is 267 g/mol. The van der Waals surface area contributed by atoms with Gasteiger partial charge in [-0.15, -0.1) is 0 Å². The molecule has 1 aromatic carbocycles. The number of imide groups is 1. The van der Waals surface area contributed by atoms with Crippen LogP contribution in [0.5, 0.6) is 0 Å². The van der Waals surface area contributed by atoms with Crippen LogP contribution < -0.4 is 4.90 Å². The largest absolute Gasteiger partial charge is 0.331 e. The van der Waals surface area contributed by atoms with Gasteiger partial charge < -0.3 is 4.90 Å². The third-order valence-electron chi connectivity index (χ3n) is 3.10. The molecule has 0 bridgehead atoms. The number of benzene rings is 1. The molecule has 1 heterocycles. The zero-order valence-electron chi connectivity index (χ0n) is 10.4. The predicted molar refractivity (Wildman–Crippen MR) is 70.9 cm³/mol. The molecule has 0 aliphatic carbocycles. The van der Waals surface area contributed by atoms with Crippen molar-refractivity contribution in [2.24, 2.45) is 0 Å². The van der Waals surface area contributed by atoms with E-state index in [0.717, 1.165) is 5.56 Å². The van der Waals surface area contributed by atoms with Gasteiger partial charge in [-0.05, 0) is 31.5 Å². The van der Waals surface area contributed by atoms with Crippen molar-refractivity contribution in [1.82, 2.24) is 4.90 Å². The van der Waals surface area contributed by atoms with Crippen molar-refractivity contribution in [3.05, 3.63) is 28.8 Å². The van der Waals surface area contributed by atoms with Gasteiger partial charge in [0.2, 0.25) is 5.91 Å². The average Bonchev–Trinajstić information content (AvgIpc) is 2.34. The summed E-state index contributed by atoms with van der Waals surface area (Å²) in [5.41, 5.74) is 1.46. The first-order chi connectivity index (χ1) is 8.54. The van der Waals surface area contributed by atoms with Crippen molar-refractivity contribution in [1.29, 1.82) is 0 Å². The smallest absolute Gasteiger partial charge is 0.324 e. The second-order valence-electron chi connectivity index (χ2n) is 4.27. The monoisotopic (exact) mass is 266 g/mol. The Bertz CT molecular complexity index is 502. The molecular weight excluding hydrogens is 252 g/mol. The first-order valence-corrected chi connectivity index (χ1v) is 6.30. The lowest BCUT2D eigenvalue weighted by Gasteiger charge is -2.33. The Kier molecular flexibility index (Phi) is 3.57. The van der Waals surface area contributed by atoms with Gasteiger partial charge >= 0.3 is 6.03 Å². The van der Waals surface area contributed by atoms with Crippen LogP contribution in [-0.4, -0.2) is 29.9 Å². The zero-order valence-corrected chi connectivity index (χ0v) is 11.2. The fourth-order valence-corrected chi connectivity index (χ4v) is 2.13. The molecule has 5 heteroatoms. The highest BCUT2D eigenvalue weighted by molar-refractivity contribution is 6.32. The molecule has 0 radical (unpaired) electrons. The van der Waals surface area contributed by atoms with E-state index >= 15 is 0 Å². The topological polar surface area (TPSA) is 40.6 Å². The van der Waals surface area contributed by atoms with Gasteiger partial charge in [-0.25, -0.2) is 9.69 Å². The molecule has 0 atom stereocenters. The van der Waals surface area contributed by atoms with Crippen LogP contribution >= 0.6 is 11.6 Å². The second kappa shape index (κ2) is 4.98. The van der Waals surface area contributed by atoms with Gasteiger partial charge in [0.05, 0.1) is 5.69 Å². The summed E-state index contributed by atoms with van der Waals surface area (Å²) in [7, 11) is 0. The molecule has 1 aliphatic rings. The van der Waals surface area contributed by atoms with Crippen LogP contribution in [0.4, 0.5) is 10.5 Å². The standard InChI is InChI=1S/C13H15ClN2O2/c1-3-15-7-6-12(17)16(13(15)18)10-5-4-9(2)11(14)8-10/h4-5,8H,3,6-7H2,1-2H3.